The monoisotopic (exact) mass is 201 g/mol. The maximum Gasteiger partial charge on any atom is 0.141 e. The number of aromatic nitrogens is 2. The van der Waals surface area contributed by atoms with Gasteiger partial charge in [0, 0.05) is 6.61 Å². The smallest absolute Gasteiger partial charge is 0.141 e. The van der Waals surface area contributed by atoms with E-state index in [0.717, 1.165) is 18.7 Å². The summed E-state index contributed by atoms with van der Waals surface area (Å²) < 4.78 is 7.02. The van der Waals surface area contributed by atoms with Crippen molar-refractivity contribution in [2.24, 2.45) is 0 Å². The van der Waals surface area contributed by atoms with Crippen molar-refractivity contribution in [2.75, 3.05) is 18.9 Å². The van der Waals surface area contributed by atoms with Crippen molar-refractivity contribution in [1.82, 2.24) is 9.78 Å². The molecule has 1 unspecified atom stereocenters. The van der Waals surface area contributed by atoms with Crippen LogP contribution in [0.15, 0.2) is 0 Å². The van der Waals surface area contributed by atoms with E-state index in [0.29, 0.717) is 17.4 Å². The molecule has 0 aliphatic carbocycles. The first-order chi connectivity index (χ1) is 6.20. The van der Waals surface area contributed by atoms with Crippen LogP contribution < -0.4 is 5.73 Å². The summed E-state index contributed by atoms with van der Waals surface area (Å²) in [6.07, 6.45) is 0.960. The number of ether oxygens (including phenoxy) is 1. The van der Waals surface area contributed by atoms with Gasteiger partial charge in [0.05, 0.1) is 18.3 Å². The molecule has 2 heterocycles. The topological polar surface area (TPSA) is 53.1 Å². The molecule has 0 amide bonds. The molecule has 1 fully saturated rings. The zero-order chi connectivity index (χ0) is 9.42. The van der Waals surface area contributed by atoms with Gasteiger partial charge in [-0.15, -0.1) is 0 Å². The molecular formula is C8H12ClN3O. The predicted molar refractivity (Wildman–Crippen MR) is 50.9 cm³/mol. The van der Waals surface area contributed by atoms with E-state index in [1.54, 1.807) is 4.68 Å². The van der Waals surface area contributed by atoms with Crippen molar-refractivity contribution in [3.63, 3.8) is 0 Å². The Balaban J connectivity index is 2.34. The molecule has 2 N–H and O–H groups in total. The maximum atomic E-state index is 5.93. The number of hydrogen-bond acceptors (Lipinski definition) is 3. The average Bonchev–Trinajstić information content (AvgIpc) is 2.70. The van der Waals surface area contributed by atoms with Crippen LogP contribution in [0.5, 0.6) is 0 Å². The molecule has 72 valence electrons. The van der Waals surface area contributed by atoms with Crippen LogP contribution in [0.3, 0.4) is 0 Å². The Labute approximate surface area is 81.6 Å². The Kier molecular flexibility index (Phi) is 2.17. The van der Waals surface area contributed by atoms with Crippen molar-refractivity contribution in [3.05, 3.63) is 10.7 Å². The number of nitrogens with zero attached hydrogens (tertiary/aromatic N) is 2. The molecule has 1 saturated heterocycles. The predicted octanol–water partition coefficient (Wildman–Crippen LogP) is 1.39. The van der Waals surface area contributed by atoms with Crippen LogP contribution in [0, 0.1) is 6.92 Å². The second-order valence-electron chi connectivity index (χ2n) is 3.25. The third-order valence-corrected chi connectivity index (χ3v) is 2.77. The fourth-order valence-corrected chi connectivity index (χ4v) is 1.66. The first kappa shape index (κ1) is 8.84. The first-order valence-electron chi connectivity index (χ1n) is 4.28. The number of hydrogen-bond donors (Lipinski definition) is 1. The van der Waals surface area contributed by atoms with Crippen molar-refractivity contribution in [2.45, 2.75) is 19.4 Å². The van der Waals surface area contributed by atoms with Gasteiger partial charge in [0.15, 0.2) is 0 Å². The molecule has 2 rings (SSSR count). The van der Waals surface area contributed by atoms with Gasteiger partial charge in [-0.05, 0) is 13.3 Å². The Bertz CT molecular complexity index is 317. The number of rotatable bonds is 1. The molecule has 0 aromatic carbocycles. The molecule has 0 radical (unpaired) electrons. The molecule has 0 saturated carbocycles. The number of halogens is 1. The third-order valence-electron chi connectivity index (χ3n) is 2.30. The van der Waals surface area contributed by atoms with Crippen molar-refractivity contribution in [3.8, 4) is 0 Å². The van der Waals surface area contributed by atoms with E-state index < -0.39 is 0 Å². The number of aryl methyl sites for hydroxylation is 1. The summed E-state index contributed by atoms with van der Waals surface area (Å²) in [6.45, 7) is 3.31. The van der Waals surface area contributed by atoms with Crippen LogP contribution in [0.1, 0.15) is 18.2 Å². The molecule has 13 heavy (non-hydrogen) atoms. The fourth-order valence-electron chi connectivity index (χ4n) is 1.54. The number of nitrogens with two attached hydrogens (primary N) is 1. The highest BCUT2D eigenvalue weighted by atomic mass is 35.5. The summed E-state index contributed by atoms with van der Waals surface area (Å²) in [4.78, 5) is 0. The highest BCUT2D eigenvalue weighted by Gasteiger charge is 2.22. The maximum absolute atomic E-state index is 5.93. The normalized spacial score (nSPS) is 22.5. The van der Waals surface area contributed by atoms with Gasteiger partial charge in [0.1, 0.15) is 10.8 Å². The zero-order valence-electron chi connectivity index (χ0n) is 7.46. The van der Waals surface area contributed by atoms with E-state index in [4.69, 9.17) is 22.1 Å². The molecule has 0 spiro atoms. The van der Waals surface area contributed by atoms with Gasteiger partial charge in [-0.1, -0.05) is 11.6 Å². The summed E-state index contributed by atoms with van der Waals surface area (Å²) in [5, 5.41) is 4.83. The van der Waals surface area contributed by atoms with E-state index in [1.165, 1.54) is 0 Å². The Morgan fingerprint density at radius 2 is 2.46 bits per heavy atom. The van der Waals surface area contributed by atoms with Gasteiger partial charge < -0.3 is 10.5 Å². The van der Waals surface area contributed by atoms with Crippen LogP contribution >= 0.6 is 11.6 Å². The highest BCUT2D eigenvalue weighted by Crippen LogP contribution is 2.28. The minimum Gasteiger partial charge on any atom is -0.383 e. The van der Waals surface area contributed by atoms with Crippen LogP contribution in [0.2, 0.25) is 5.02 Å². The molecule has 1 aliphatic heterocycles. The lowest BCUT2D eigenvalue weighted by molar-refractivity contribution is 0.185. The van der Waals surface area contributed by atoms with E-state index in [1.807, 2.05) is 6.92 Å². The standard InChI is InChI=1S/C8H12ClN3O/c1-5-7(9)8(10)12(11-5)6-2-3-13-4-6/h6H,2-4,10H2,1H3. The first-order valence-corrected chi connectivity index (χ1v) is 4.65. The summed E-state index contributed by atoms with van der Waals surface area (Å²) >= 11 is 5.93. The molecule has 4 nitrogen and oxygen atoms in total. The Morgan fingerprint density at radius 3 is 2.92 bits per heavy atom. The summed E-state index contributed by atoms with van der Waals surface area (Å²) in [5.74, 6) is 0.551. The minimum absolute atomic E-state index is 0.256. The average molecular weight is 202 g/mol. The van der Waals surface area contributed by atoms with Gasteiger partial charge >= 0.3 is 0 Å². The molecule has 0 bridgehead atoms. The van der Waals surface area contributed by atoms with Gasteiger partial charge in [0.25, 0.3) is 0 Å². The SMILES string of the molecule is Cc1nn(C2CCOC2)c(N)c1Cl. The third kappa shape index (κ3) is 1.40. The van der Waals surface area contributed by atoms with Crippen molar-refractivity contribution >= 4 is 17.4 Å². The van der Waals surface area contributed by atoms with E-state index >= 15 is 0 Å². The Hall–Kier alpha value is -0.740. The Morgan fingerprint density at radius 1 is 1.69 bits per heavy atom. The molecule has 1 aromatic heterocycles. The van der Waals surface area contributed by atoms with Crippen LogP contribution in [0.4, 0.5) is 5.82 Å². The lowest BCUT2D eigenvalue weighted by atomic mass is 10.3. The van der Waals surface area contributed by atoms with Crippen molar-refractivity contribution < 1.29 is 4.74 Å². The molecular weight excluding hydrogens is 190 g/mol. The lowest BCUT2D eigenvalue weighted by Gasteiger charge is -2.09. The summed E-state index contributed by atoms with van der Waals surface area (Å²) in [6, 6.07) is 0.256. The number of nitrogen functional groups attached to an aromatic ring is 1. The van der Waals surface area contributed by atoms with Crippen molar-refractivity contribution in [1.29, 1.82) is 0 Å². The van der Waals surface area contributed by atoms with E-state index in [2.05, 4.69) is 5.10 Å². The van der Waals surface area contributed by atoms with Gasteiger partial charge in [-0.3, -0.25) is 0 Å². The van der Waals surface area contributed by atoms with Gasteiger partial charge in [-0.2, -0.15) is 5.10 Å². The molecule has 5 heteroatoms. The van der Waals surface area contributed by atoms with Gasteiger partial charge in [0.2, 0.25) is 0 Å². The number of anilines is 1. The highest BCUT2D eigenvalue weighted by molar-refractivity contribution is 6.33. The van der Waals surface area contributed by atoms with E-state index in [9.17, 15) is 0 Å². The minimum atomic E-state index is 0.256. The molecule has 1 atom stereocenters. The zero-order valence-corrected chi connectivity index (χ0v) is 8.21. The second-order valence-corrected chi connectivity index (χ2v) is 3.62. The largest absolute Gasteiger partial charge is 0.383 e. The lowest BCUT2D eigenvalue weighted by Crippen LogP contribution is -2.13. The van der Waals surface area contributed by atoms with Gasteiger partial charge in [-0.25, -0.2) is 4.68 Å². The van der Waals surface area contributed by atoms with Crippen LogP contribution in [-0.4, -0.2) is 23.0 Å². The quantitative estimate of drug-likeness (QED) is 0.747. The van der Waals surface area contributed by atoms with Crippen LogP contribution in [0.25, 0.3) is 0 Å². The molecule has 1 aliphatic rings. The molecule has 1 aromatic rings. The van der Waals surface area contributed by atoms with E-state index in [-0.39, 0.29) is 6.04 Å². The summed E-state index contributed by atoms with van der Waals surface area (Å²) in [5.41, 5.74) is 6.58. The summed E-state index contributed by atoms with van der Waals surface area (Å²) in [7, 11) is 0. The van der Waals surface area contributed by atoms with Crippen LogP contribution in [-0.2, 0) is 4.74 Å². The second kappa shape index (κ2) is 3.20. The fraction of sp³-hybridized carbons (Fsp3) is 0.625.